The summed E-state index contributed by atoms with van der Waals surface area (Å²) in [6.45, 7) is 0. The third-order valence-electron chi connectivity index (χ3n) is 4.14. The first-order valence-corrected chi connectivity index (χ1v) is 6.69. The first-order chi connectivity index (χ1) is 9.92. The standard InChI is InChI=1S/C15H14F3N3/c16-15(17,18)11-4-2-10(3-5-11)14(7-1-8-14)12-6-9-20-13(19)21-12/h2-6,9H,1,7-8H2,(H2,19,20,21). The van der Waals surface area contributed by atoms with Crippen LogP contribution in [0.2, 0.25) is 0 Å². The summed E-state index contributed by atoms with van der Waals surface area (Å²) in [7, 11) is 0. The maximum absolute atomic E-state index is 12.7. The van der Waals surface area contributed by atoms with Gasteiger partial charge in [0.05, 0.1) is 11.3 Å². The van der Waals surface area contributed by atoms with Gasteiger partial charge in [0.2, 0.25) is 5.95 Å². The van der Waals surface area contributed by atoms with E-state index in [9.17, 15) is 13.2 Å². The van der Waals surface area contributed by atoms with Gasteiger partial charge >= 0.3 is 6.18 Å². The topological polar surface area (TPSA) is 51.8 Å². The molecule has 2 N–H and O–H groups in total. The SMILES string of the molecule is Nc1nccc(C2(c3ccc(C(F)(F)F)cc3)CCC2)n1. The van der Waals surface area contributed by atoms with E-state index < -0.39 is 11.7 Å². The zero-order valence-electron chi connectivity index (χ0n) is 11.2. The summed E-state index contributed by atoms with van der Waals surface area (Å²) in [6, 6.07) is 7.12. The fourth-order valence-electron chi connectivity index (χ4n) is 2.84. The van der Waals surface area contributed by atoms with Crippen LogP contribution in [0.5, 0.6) is 0 Å². The second-order valence-electron chi connectivity index (χ2n) is 5.31. The van der Waals surface area contributed by atoms with Gasteiger partial charge in [-0.25, -0.2) is 9.97 Å². The van der Waals surface area contributed by atoms with E-state index >= 15 is 0 Å². The van der Waals surface area contributed by atoms with Crippen molar-refractivity contribution in [1.29, 1.82) is 0 Å². The summed E-state index contributed by atoms with van der Waals surface area (Å²) >= 11 is 0. The van der Waals surface area contributed by atoms with Gasteiger partial charge in [-0.3, -0.25) is 0 Å². The molecule has 1 fully saturated rings. The summed E-state index contributed by atoms with van der Waals surface area (Å²) in [5, 5.41) is 0. The Labute approximate surface area is 120 Å². The number of nitrogen functional groups attached to an aromatic ring is 1. The van der Waals surface area contributed by atoms with E-state index in [0.29, 0.717) is 0 Å². The van der Waals surface area contributed by atoms with Crippen LogP contribution in [0, 0.1) is 0 Å². The molecule has 0 saturated heterocycles. The average Bonchev–Trinajstić information content (AvgIpc) is 2.37. The van der Waals surface area contributed by atoms with Gasteiger partial charge in [0.25, 0.3) is 0 Å². The van der Waals surface area contributed by atoms with Crippen LogP contribution in [0.15, 0.2) is 36.5 Å². The van der Waals surface area contributed by atoms with Gasteiger partial charge in [-0.2, -0.15) is 13.2 Å². The zero-order valence-corrected chi connectivity index (χ0v) is 11.2. The van der Waals surface area contributed by atoms with Crippen LogP contribution in [-0.4, -0.2) is 9.97 Å². The lowest BCUT2D eigenvalue weighted by atomic mass is 9.62. The zero-order chi connectivity index (χ0) is 15.1. The first kappa shape index (κ1) is 13.9. The Morgan fingerprint density at radius 1 is 1.05 bits per heavy atom. The number of benzene rings is 1. The minimum absolute atomic E-state index is 0.186. The Balaban J connectivity index is 2.00. The maximum Gasteiger partial charge on any atom is 0.416 e. The minimum atomic E-state index is -4.31. The maximum atomic E-state index is 12.7. The third-order valence-corrected chi connectivity index (χ3v) is 4.14. The van der Waals surface area contributed by atoms with E-state index in [0.717, 1.165) is 42.7 Å². The van der Waals surface area contributed by atoms with Gasteiger partial charge in [-0.1, -0.05) is 18.6 Å². The molecule has 1 heterocycles. The number of anilines is 1. The normalized spacial score (nSPS) is 17.3. The number of nitrogens with two attached hydrogens (primary N) is 1. The fraction of sp³-hybridized carbons (Fsp3) is 0.333. The van der Waals surface area contributed by atoms with Crippen LogP contribution >= 0.6 is 0 Å². The number of aromatic nitrogens is 2. The molecule has 110 valence electrons. The predicted octanol–water partition coefficient (Wildman–Crippen LogP) is 3.55. The van der Waals surface area contributed by atoms with Crippen LogP contribution in [0.3, 0.4) is 0 Å². The molecule has 0 bridgehead atoms. The molecule has 1 saturated carbocycles. The Hall–Kier alpha value is -2.11. The summed E-state index contributed by atoms with van der Waals surface area (Å²) < 4.78 is 38.0. The number of hydrogen-bond donors (Lipinski definition) is 1. The lowest BCUT2D eigenvalue weighted by Gasteiger charge is -2.42. The van der Waals surface area contributed by atoms with Gasteiger partial charge in [0, 0.05) is 11.6 Å². The number of nitrogens with zero attached hydrogens (tertiary/aromatic N) is 2. The van der Waals surface area contributed by atoms with Crippen molar-refractivity contribution in [3.05, 3.63) is 53.3 Å². The molecule has 1 aromatic heterocycles. The number of rotatable bonds is 2. The quantitative estimate of drug-likeness (QED) is 0.921. The van der Waals surface area contributed by atoms with Crippen molar-refractivity contribution < 1.29 is 13.2 Å². The average molecular weight is 293 g/mol. The molecule has 0 amide bonds. The minimum Gasteiger partial charge on any atom is -0.368 e. The molecule has 0 radical (unpaired) electrons. The molecule has 1 aromatic carbocycles. The molecular weight excluding hydrogens is 279 g/mol. The lowest BCUT2D eigenvalue weighted by molar-refractivity contribution is -0.137. The van der Waals surface area contributed by atoms with Crippen LogP contribution in [0.4, 0.5) is 19.1 Å². The predicted molar refractivity (Wildman–Crippen MR) is 72.5 cm³/mol. The molecule has 3 nitrogen and oxygen atoms in total. The molecule has 3 rings (SSSR count). The van der Waals surface area contributed by atoms with E-state index in [1.54, 1.807) is 24.4 Å². The summed E-state index contributed by atoms with van der Waals surface area (Å²) in [4.78, 5) is 8.13. The third kappa shape index (κ3) is 2.34. The van der Waals surface area contributed by atoms with Gasteiger partial charge in [-0.05, 0) is 36.6 Å². The van der Waals surface area contributed by atoms with Crippen molar-refractivity contribution in [3.63, 3.8) is 0 Å². The van der Waals surface area contributed by atoms with Crippen LogP contribution in [0.25, 0.3) is 0 Å². The van der Waals surface area contributed by atoms with Crippen LogP contribution < -0.4 is 5.73 Å². The number of alkyl halides is 3. The largest absolute Gasteiger partial charge is 0.416 e. The molecule has 6 heteroatoms. The van der Waals surface area contributed by atoms with Gasteiger partial charge in [0.15, 0.2) is 0 Å². The Bertz CT molecular complexity index is 646. The van der Waals surface area contributed by atoms with E-state index in [4.69, 9.17) is 5.73 Å². The lowest BCUT2D eigenvalue weighted by Crippen LogP contribution is -2.36. The molecule has 21 heavy (non-hydrogen) atoms. The highest BCUT2D eigenvalue weighted by atomic mass is 19.4. The fourth-order valence-corrected chi connectivity index (χ4v) is 2.84. The van der Waals surface area contributed by atoms with Crippen molar-refractivity contribution in [1.82, 2.24) is 9.97 Å². The van der Waals surface area contributed by atoms with E-state index in [2.05, 4.69) is 9.97 Å². The van der Waals surface area contributed by atoms with Crippen molar-refractivity contribution in [2.75, 3.05) is 5.73 Å². The highest BCUT2D eigenvalue weighted by Crippen LogP contribution is 2.48. The van der Waals surface area contributed by atoms with Crippen molar-refractivity contribution in [2.45, 2.75) is 30.9 Å². The summed E-state index contributed by atoms with van der Waals surface area (Å²) in [6.07, 6.45) is 0.00103. The molecular formula is C15H14F3N3. The highest BCUT2D eigenvalue weighted by molar-refractivity contribution is 5.41. The molecule has 0 unspecified atom stereocenters. The second-order valence-corrected chi connectivity index (χ2v) is 5.31. The van der Waals surface area contributed by atoms with Gasteiger partial charge in [-0.15, -0.1) is 0 Å². The Morgan fingerprint density at radius 2 is 1.71 bits per heavy atom. The van der Waals surface area contributed by atoms with Crippen molar-refractivity contribution in [2.24, 2.45) is 0 Å². The van der Waals surface area contributed by atoms with Crippen LogP contribution in [0.1, 0.15) is 36.1 Å². The number of halogens is 3. The summed E-state index contributed by atoms with van der Waals surface area (Å²) in [5.41, 5.74) is 6.28. The molecule has 0 atom stereocenters. The Morgan fingerprint density at radius 3 is 2.19 bits per heavy atom. The molecule has 2 aromatic rings. The molecule has 0 aliphatic heterocycles. The monoisotopic (exact) mass is 293 g/mol. The smallest absolute Gasteiger partial charge is 0.368 e. The second kappa shape index (κ2) is 4.72. The summed E-state index contributed by atoms with van der Waals surface area (Å²) in [5.74, 6) is 0.186. The molecule has 1 aliphatic rings. The van der Waals surface area contributed by atoms with E-state index in [1.165, 1.54) is 0 Å². The molecule has 1 aliphatic carbocycles. The highest BCUT2D eigenvalue weighted by Gasteiger charge is 2.42. The first-order valence-electron chi connectivity index (χ1n) is 6.69. The van der Waals surface area contributed by atoms with Gasteiger partial charge in [0.1, 0.15) is 0 Å². The van der Waals surface area contributed by atoms with E-state index in [-0.39, 0.29) is 11.4 Å². The Kier molecular flexibility index (Phi) is 3.11. The number of hydrogen-bond acceptors (Lipinski definition) is 3. The van der Waals surface area contributed by atoms with Crippen LogP contribution in [-0.2, 0) is 11.6 Å². The molecule has 0 spiro atoms. The van der Waals surface area contributed by atoms with Gasteiger partial charge < -0.3 is 5.73 Å². The van der Waals surface area contributed by atoms with E-state index in [1.807, 2.05) is 0 Å². The van der Waals surface area contributed by atoms with Crippen molar-refractivity contribution >= 4 is 5.95 Å². The van der Waals surface area contributed by atoms with Crippen molar-refractivity contribution in [3.8, 4) is 0 Å².